The predicted molar refractivity (Wildman–Crippen MR) is 83.7 cm³/mol. The molecule has 1 aromatic heterocycles. The highest BCUT2D eigenvalue weighted by Gasteiger charge is 2.39. The summed E-state index contributed by atoms with van der Waals surface area (Å²) in [6.45, 7) is 0. The van der Waals surface area contributed by atoms with E-state index >= 15 is 0 Å². The number of hydrogen-bond acceptors (Lipinski definition) is 4. The highest BCUT2D eigenvalue weighted by molar-refractivity contribution is 7.89. The van der Waals surface area contributed by atoms with Crippen molar-refractivity contribution in [3.63, 3.8) is 0 Å². The summed E-state index contributed by atoms with van der Waals surface area (Å²) in [5.41, 5.74) is -1.08. The fourth-order valence-electron chi connectivity index (χ4n) is 2.37. The maximum atomic E-state index is 13.5. The number of alkyl halides is 3. The first-order valence-electron chi connectivity index (χ1n) is 7.14. The van der Waals surface area contributed by atoms with Crippen molar-refractivity contribution >= 4 is 10.0 Å². The van der Waals surface area contributed by atoms with Gasteiger partial charge >= 0.3 is 12.1 Å². The van der Waals surface area contributed by atoms with Gasteiger partial charge in [0.05, 0.1) is 4.90 Å². The van der Waals surface area contributed by atoms with Crippen LogP contribution in [-0.4, -0.2) is 13.4 Å². The van der Waals surface area contributed by atoms with Gasteiger partial charge in [-0.15, -0.1) is 0 Å². The molecule has 0 saturated heterocycles. The average Bonchev–Trinajstić information content (AvgIpc) is 3.02. The molecule has 5 nitrogen and oxygen atoms in total. The van der Waals surface area contributed by atoms with E-state index in [2.05, 4.69) is 4.98 Å². The lowest BCUT2D eigenvalue weighted by Gasteiger charge is -2.07. The van der Waals surface area contributed by atoms with E-state index in [9.17, 15) is 30.4 Å². The molecule has 27 heavy (non-hydrogen) atoms. The first-order chi connectivity index (χ1) is 12.5. The van der Waals surface area contributed by atoms with Crippen LogP contribution in [0.15, 0.2) is 51.8 Å². The second-order valence-corrected chi connectivity index (χ2v) is 6.89. The van der Waals surface area contributed by atoms with Crippen molar-refractivity contribution in [2.24, 2.45) is 5.14 Å². The van der Waals surface area contributed by atoms with Gasteiger partial charge in [0.2, 0.25) is 10.0 Å². The first-order valence-corrected chi connectivity index (χ1v) is 8.69. The molecule has 0 aliphatic carbocycles. The Labute approximate surface area is 149 Å². The minimum atomic E-state index is -5.00. The molecule has 3 rings (SSSR count). The zero-order valence-electron chi connectivity index (χ0n) is 13.1. The Morgan fingerprint density at radius 1 is 1.00 bits per heavy atom. The third-order valence-electron chi connectivity index (χ3n) is 3.50. The lowest BCUT2D eigenvalue weighted by Crippen LogP contribution is -2.13. The lowest BCUT2D eigenvalue weighted by molar-refractivity contribution is -0.156. The zero-order chi connectivity index (χ0) is 20.0. The van der Waals surface area contributed by atoms with Gasteiger partial charge in [-0.3, -0.25) is 0 Å². The molecule has 0 atom stereocenters. The Morgan fingerprint density at radius 3 is 2.26 bits per heavy atom. The molecule has 3 aromatic rings. The van der Waals surface area contributed by atoms with Gasteiger partial charge in [-0.1, -0.05) is 18.2 Å². The van der Waals surface area contributed by atoms with Crippen molar-refractivity contribution in [3.05, 3.63) is 60.0 Å². The van der Waals surface area contributed by atoms with Gasteiger partial charge in [-0.25, -0.2) is 27.3 Å². The standard InChI is InChI=1S/C16H9F5N2O3S/c17-10-6-5-8(7-11(10)18)14-13(23-15(26-14)16(19,20)21)9-3-1-2-4-12(9)27(22,24)25/h1-7H,(H2,22,24,25). The summed E-state index contributed by atoms with van der Waals surface area (Å²) < 4.78 is 94.1. The Balaban J connectivity index is 2.34. The SMILES string of the molecule is NS(=O)(=O)c1ccccc1-c1nc(C(F)(F)F)oc1-c1ccc(F)c(F)c1. The quantitative estimate of drug-likeness (QED) is 0.670. The molecule has 0 aliphatic heterocycles. The molecule has 0 fully saturated rings. The molecule has 0 amide bonds. The van der Waals surface area contributed by atoms with Crippen LogP contribution in [0.1, 0.15) is 5.89 Å². The van der Waals surface area contributed by atoms with Crippen LogP contribution >= 0.6 is 0 Å². The van der Waals surface area contributed by atoms with Crippen molar-refractivity contribution in [2.45, 2.75) is 11.1 Å². The highest BCUT2D eigenvalue weighted by atomic mass is 32.2. The largest absolute Gasteiger partial charge is 0.468 e. The minimum Gasteiger partial charge on any atom is -0.432 e. The minimum absolute atomic E-state index is 0.267. The van der Waals surface area contributed by atoms with Gasteiger partial charge in [-0.05, 0) is 24.3 Å². The van der Waals surface area contributed by atoms with Crippen LogP contribution < -0.4 is 5.14 Å². The number of halogens is 5. The van der Waals surface area contributed by atoms with Gasteiger partial charge < -0.3 is 4.42 Å². The third kappa shape index (κ3) is 3.69. The summed E-state index contributed by atoms with van der Waals surface area (Å²) in [5.74, 6) is -4.82. The monoisotopic (exact) mass is 404 g/mol. The molecule has 0 saturated carbocycles. The van der Waals surface area contributed by atoms with Gasteiger partial charge in [0.15, 0.2) is 17.4 Å². The molecule has 0 radical (unpaired) electrons. The fourth-order valence-corrected chi connectivity index (χ4v) is 3.11. The molecular formula is C16H9F5N2O3S. The highest BCUT2D eigenvalue weighted by Crippen LogP contribution is 2.40. The number of nitrogens with zero attached hydrogens (tertiary/aromatic N) is 1. The molecule has 142 valence electrons. The number of benzene rings is 2. The molecule has 0 spiro atoms. The summed E-state index contributed by atoms with van der Waals surface area (Å²) in [6.07, 6.45) is -5.00. The third-order valence-corrected chi connectivity index (χ3v) is 4.47. The van der Waals surface area contributed by atoms with Crippen LogP contribution in [-0.2, 0) is 16.2 Å². The Kier molecular flexibility index (Phi) is 4.52. The molecule has 0 aliphatic rings. The molecule has 2 N–H and O–H groups in total. The maximum absolute atomic E-state index is 13.5. The van der Waals surface area contributed by atoms with E-state index < -0.39 is 50.1 Å². The molecule has 11 heteroatoms. The van der Waals surface area contributed by atoms with Crippen LogP contribution in [0.4, 0.5) is 22.0 Å². The first kappa shape index (κ1) is 19.0. The Hall–Kier alpha value is -2.79. The van der Waals surface area contributed by atoms with Gasteiger partial charge in [0.25, 0.3) is 0 Å². The summed E-state index contributed by atoms with van der Waals surface area (Å²) >= 11 is 0. The van der Waals surface area contributed by atoms with Crippen molar-refractivity contribution in [1.29, 1.82) is 0 Å². The molecule has 2 aromatic carbocycles. The van der Waals surface area contributed by atoms with E-state index in [-0.39, 0.29) is 11.1 Å². The molecule has 0 unspecified atom stereocenters. The lowest BCUT2D eigenvalue weighted by atomic mass is 10.1. The topological polar surface area (TPSA) is 86.2 Å². The predicted octanol–water partition coefficient (Wildman–Crippen LogP) is 3.95. The van der Waals surface area contributed by atoms with Crippen molar-refractivity contribution < 1.29 is 34.8 Å². The Morgan fingerprint density at radius 2 is 1.67 bits per heavy atom. The molecule has 0 bridgehead atoms. The van der Waals surface area contributed by atoms with Crippen LogP contribution in [0, 0.1) is 11.6 Å². The summed E-state index contributed by atoms with van der Waals surface area (Å²) in [4.78, 5) is 2.82. The van der Waals surface area contributed by atoms with Crippen LogP contribution in [0.5, 0.6) is 0 Å². The van der Waals surface area contributed by atoms with Crippen molar-refractivity contribution in [1.82, 2.24) is 4.98 Å². The number of aromatic nitrogens is 1. The van der Waals surface area contributed by atoms with Crippen LogP contribution in [0.3, 0.4) is 0 Å². The number of nitrogens with two attached hydrogens (primary N) is 1. The zero-order valence-corrected chi connectivity index (χ0v) is 13.9. The van der Waals surface area contributed by atoms with E-state index in [0.29, 0.717) is 12.1 Å². The van der Waals surface area contributed by atoms with E-state index in [1.54, 1.807) is 0 Å². The van der Waals surface area contributed by atoms with Gasteiger partial charge in [-0.2, -0.15) is 13.2 Å². The number of sulfonamides is 1. The second kappa shape index (κ2) is 6.43. The number of hydrogen-bond donors (Lipinski definition) is 1. The summed E-state index contributed by atoms with van der Waals surface area (Å²) in [7, 11) is -4.32. The Bertz CT molecular complexity index is 1120. The van der Waals surface area contributed by atoms with Gasteiger partial charge in [0.1, 0.15) is 5.69 Å². The maximum Gasteiger partial charge on any atom is 0.468 e. The second-order valence-electron chi connectivity index (χ2n) is 5.36. The van der Waals surface area contributed by atoms with E-state index in [4.69, 9.17) is 9.56 Å². The normalized spacial score (nSPS) is 12.4. The van der Waals surface area contributed by atoms with Crippen molar-refractivity contribution in [3.8, 4) is 22.6 Å². The van der Waals surface area contributed by atoms with Crippen molar-refractivity contribution in [2.75, 3.05) is 0 Å². The molecule has 1 heterocycles. The smallest absolute Gasteiger partial charge is 0.432 e. The summed E-state index contributed by atoms with van der Waals surface area (Å²) in [6, 6.07) is 7.17. The number of primary sulfonamides is 1. The summed E-state index contributed by atoms with van der Waals surface area (Å²) in [5, 5.41) is 5.10. The van der Waals surface area contributed by atoms with Crippen LogP contribution in [0.2, 0.25) is 0 Å². The van der Waals surface area contributed by atoms with E-state index in [1.807, 2.05) is 0 Å². The van der Waals surface area contributed by atoms with E-state index in [0.717, 1.165) is 12.1 Å². The van der Waals surface area contributed by atoms with E-state index in [1.165, 1.54) is 18.2 Å². The molecular weight excluding hydrogens is 395 g/mol. The van der Waals surface area contributed by atoms with Crippen LogP contribution in [0.25, 0.3) is 22.6 Å². The number of oxazole rings is 1. The van der Waals surface area contributed by atoms with Gasteiger partial charge in [0, 0.05) is 11.1 Å². The fraction of sp³-hybridized carbons (Fsp3) is 0.0625. The average molecular weight is 404 g/mol. The number of rotatable bonds is 3.